The molecule has 1 aromatic carbocycles. The Morgan fingerprint density at radius 1 is 1.09 bits per heavy atom. The molecular weight excluding hydrogens is 603 g/mol. The van der Waals surface area contributed by atoms with E-state index in [0.29, 0.717) is 49.2 Å². The van der Waals surface area contributed by atoms with Crippen molar-refractivity contribution in [1.29, 1.82) is 0 Å². The lowest BCUT2D eigenvalue weighted by atomic mass is 9.98. The highest BCUT2D eigenvalue weighted by Gasteiger charge is 2.26. The third kappa shape index (κ3) is 5.64. The molecule has 6 heterocycles. The van der Waals surface area contributed by atoms with E-state index in [4.69, 9.17) is 9.72 Å². The molecule has 0 saturated carbocycles. The van der Waals surface area contributed by atoms with Crippen LogP contribution in [0.5, 0.6) is 0 Å². The summed E-state index contributed by atoms with van der Waals surface area (Å²) in [6.45, 7) is 5.75. The Morgan fingerprint density at radius 3 is 2.68 bits per heavy atom. The summed E-state index contributed by atoms with van der Waals surface area (Å²) < 4.78 is 34.9. The Morgan fingerprint density at radius 2 is 1.93 bits per heavy atom. The first-order chi connectivity index (χ1) is 21.5. The molecule has 228 valence electrons. The first-order valence-corrected chi connectivity index (χ1v) is 16.8. The SMILES string of the molecule is O=c1c(-c2nccn2S(=O)(=O)c2cncs2)cc2cnc(Nc3ccc(C4CCNC4)cc3)nc2n1CCN1CCOCC1. The molecule has 2 saturated heterocycles. The van der Waals surface area contributed by atoms with Gasteiger partial charge in [-0.3, -0.25) is 19.2 Å². The molecule has 1 unspecified atom stereocenters. The summed E-state index contributed by atoms with van der Waals surface area (Å²) >= 11 is 0.999. The molecule has 44 heavy (non-hydrogen) atoms. The molecule has 5 aromatic rings. The van der Waals surface area contributed by atoms with Crippen molar-refractivity contribution in [3.05, 3.63) is 76.5 Å². The second-order valence-electron chi connectivity index (χ2n) is 10.8. The van der Waals surface area contributed by atoms with E-state index in [9.17, 15) is 13.2 Å². The predicted octanol–water partition coefficient (Wildman–Crippen LogP) is 2.50. The van der Waals surface area contributed by atoms with Gasteiger partial charge in [0.05, 0.1) is 30.5 Å². The average molecular weight is 634 g/mol. The van der Waals surface area contributed by atoms with Gasteiger partial charge in [0.2, 0.25) is 5.95 Å². The Kier molecular flexibility index (Phi) is 7.95. The highest BCUT2D eigenvalue weighted by atomic mass is 32.2. The molecule has 15 heteroatoms. The number of thiazole rings is 1. The molecule has 0 bridgehead atoms. The van der Waals surface area contributed by atoms with Crippen LogP contribution in [0.2, 0.25) is 0 Å². The summed E-state index contributed by atoms with van der Waals surface area (Å²) in [5.41, 5.74) is 3.77. The Labute approximate surface area is 257 Å². The zero-order chi connectivity index (χ0) is 30.1. The van der Waals surface area contributed by atoms with Crippen LogP contribution in [0, 0.1) is 0 Å². The monoisotopic (exact) mass is 633 g/mol. The number of pyridine rings is 1. The molecule has 2 N–H and O–H groups in total. The maximum atomic E-state index is 14.1. The topological polar surface area (TPSA) is 149 Å². The molecule has 4 aromatic heterocycles. The van der Waals surface area contributed by atoms with Gasteiger partial charge in [0.15, 0.2) is 10.0 Å². The fourth-order valence-corrected chi connectivity index (χ4v) is 7.84. The lowest BCUT2D eigenvalue weighted by Crippen LogP contribution is -2.39. The summed E-state index contributed by atoms with van der Waals surface area (Å²) in [5, 5.41) is 7.26. The minimum Gasteiger partial charge on any atom is -0.379 e. The van der Waals surface area contributed by atoms with Crippen LogP contribution in [0.15, 0.2) is 69.6 Å². The number of anilines is 2. The van der Waals surface area contributed by atoms with Crippen LogP contribution in [0.25, 0.3) is 22.4 Å². The highest BCUT2D eigenvalue weighted by molar-refractivity contribution is 7.92. The van der Waals surface area contributed by atoms with Crippen LogP contribution in [0.4, 0.5) is 11.6 Å². The molecule has 0 aliphatic carbocycles. The van der Waals surface area contributed by atoms with Gasteiger partial charge in [0.1, 0.15) is 5.65 Å². The first-order valence-electron chi connectivity index (χ1n) is 14.4. The summed E-state index contributed by atoms with van der Waals surface area (Å²) in [6, 6.07) is 9.87. The van der Waals surface area contributed by atoms with Crippen LogP contribution >= 0.6 is 11.3 Å². The van der Waals surface area contributed by atoms with Crippen molar-refractivity contribution in [2.45, 2.75) is 23.1 Å². The average Bonchev–Trinajstić information content (AvgIpc) is 3.85. The minimum atomic E-state index is -4.00. The molecule has 13 nitrogen and oxygen atoms in total. The van der Waals surface area contributed by atoms with Crippen molar-refractivity contribution in [3.8, 4) is 11.4 Å². The van der Waals surface area contributed by atoms with Crippen LogP contribution in [-0.4, -0.2) is 87.7 Å². The molecule has 0 amide bonds. The lowest BCUT2D eigenvalue weighted by Gasteiger charge is -2.27. The van der Waals surface area contributed by atoms with E-state index >= 15 is 0 Å². The van der Waals surface area contributed by atoms with E-state index in [1.165, 1.54) is 29.7 Å². The molecule has 2 aliphatic heterocycles. The van der Waals surface area contributed by atoms with Crippen LogP contribution in [0.1, 0.15) is 17.9 Å². The minimum absolute atomic E-state index is 0.0187. The van der Waals surface area contributed by atoms with Gasteiger partial charge < -0.3 is 15.4 Å². The number of fused-ring (bicyclic) bond motifs is 1. The molecular formula is C29H31N9O4S2. The van der Waals surface area contributed by atoms with Gasteiger partial charge in [-0.15, -0.1) is 11.3 Å². The van der Waals surface area contributed by atoms with Gasteiger partial charge in [0.25, 0.3) is 15.6 Å². The van der Waals surface area contributed by atoms with E-state index in [2.05, 4.69) is 42.6 Å². The molecule has 7 rings (SSSR count). The molecule has 2 fully saturated rings. The normalized spacial score (nSPS) is 17.8. The van der Waals surface area contributed by atoms with Crippen LogP contribution in [0.3, 0.4) is 0 Å². The molecule has 1 atom stereocenters. The Hall–Kier alpha value is -4.02. The summed E-state index contributed by atoms with van der Waals surface area (Å²) in [6.07, 6.45) is 6.76. The van der Waals surface area contributed by atoms with Gasteiger partial charge >= 0.3 is 0 Å². The molecule has 0 radical (unpaired) electrons. The van der Waals surface area contributed by atoms with Gasteiger partial charge in [-0.05, 0) is 42.6 Å². The van der Waals surface area contributed by atoms with E-state index in [1.807, 2.05) is 12.1 Å². The summed E-state index contributed by atoms with van der Waals surface area (Å²) in [7, 11) is -4.00. The fourth-order valence-electron chi connectivity index (χ4n) is 5.66. The number of morpholine rings is 1. The maximum Gasteiger partial charge on any atom is 0.280 e. The molecule has 2 aliphatic rings. The number of hydrogen-bond acceptors (Lipinski definition) is 12. The third-order valence-electron chi connectivity index (χ3n) is 8.04. The fraction of sp³-hybridized carbons (Fsp3) is 0.345. The number of ether oxygens (including phenoxy) is 1. The quantitative estimate of drug-likeness (QED) is 0.247. The predicted molar refractivity (Wildman–Crippen MR) is 167 cm³/mol. The van der Waals surface area contributed by atoms with E-state index < -0.39 is 15.6 Å². The number of imidazole rings is 1. The van der Waals surface area contributed by atoms with Crippen molar-refractivity contribution >= 4 is 44.0 Å². The molecule has 0 spiro atoms. The number of rotatable bonds is 9. The van der Waals surface area contributed by atoms with Gasteiger partial charge in [-0.1, -0.05) is 12.1 Å². The van der Waals surface area contributed by atoms with Gasteiger partial charge in [-0.25, -0.2) is 13.9 Å². The Balaban J connectivity index is 1.26. The van der Waals surface area contributed by atoms with Crippen LogP contribution in [-0.2, 0) is 21.3 Å². The summed E-state index contributed by atoms with van der Waals surface area (Å²) in [4.78, 5) is 33.9. The third-order valence-corrected chi connectivity index (χ3v) is 11.0. The van der Waals surface area contributed by atoms with Crippen molar-refractivity contribution in [2.24, 2.45) is 0 Å². The Bertz CT molecular complexity index is 1930. The lowest BCUT2D eigenvalue weighted by molar-refractivity contribution is 0.0364. The second-order valence-corrected chi connectivity index (χ2v) is 13.7. The van der Waals surface area contributed by atoms with Gasteiger partial charge in [-0.2, -0.15) is 13.4 Å². The van der Waals surface area contributed by atoms with E-state index in [0.717, 1.165) is 53.6 Å². The van der Waals surface area contributed by atoms with E-state index in [1.54, 1.807) is 16.8 Å². The zero-order valence-electron chi connectivity index (χ0n) is 23.8. The number of aromatic nitrogens is 6. The standard InChI is InChI=1S/C29H31N9O4S2/c39-28-24(27-32-7-8-38(27)44(40,41)25-18-31-19-43-25)15-22-17-33-29(34-23-3-1-20(2-4-23)21-5-6-30-16-21)35-26(22)37(28)10-9-36-11-13-42-14-12-36/h1-4,7-8,15,17-19,21,30H,5-6,9-14,16H2,(H,33,34,35). The number of nitrogens with one attached hydrogen (secondary N) is 2. The van der Waals surface area contributed by atoms with Crippen molar-refractivity contribution < 1.29 is 13.2 Å². The second kappa shape index (κ2) is 12.2. The zero-order valence-corrected chi connectivity index (χ0v) is 25.4. The largest absolute Gasteiger partial charge is 0.379 e. The van der Waals surface area contributed by atoms with Crippen molar-refractivity contribution in [3.63, 3.8) is 0 Å². The number of nitrogens with zero attached hydrogens (tertiary/aromatic N) is 7. The maximum absolute atomic E-state index is 14.1. The highest BCUT2D eigenvalue weighted by Crippen LogP contribution is 2.27. The van der Waals surface area contributed by atoms with Crippen LogP contribution < -0.4 is 16.2 Å². The number of hydrogen-bond donors (Lipinski definition) is 2. The van der Waals surface area contributed by atoms with E-state index in [-0.39, 0.29) is 15.6 Å². The van der Waals surface area contributed by atoms with Gasteiger partial charge in [0, 0.05) is 62.4 Å². The first kappa shape index (κ1) is 28.7. The van der Waals surface area contributed by atoms with Crippen molar-refractivity contribution in [2.75, 3.05) is 51.3 Å². The smallest absolute Gasteiger partial charge is 0.280 e. The number of benzene rings is 1. The summed E-state index contributed by atoms with van der Waals surface area (Å²) in [5.74, 6) is 0.892. The van der Waals surface area contributed by atoms with Crippen molar-refractivity contribution in [1.82, 2.24) is 38.7 Å².